The summed E-state index contributed by atoms with van der Waals surface area (Å²) in [4.78, 5) is 69.0. The molecule has 11 aliphatic rings. The molecule has 3 spiro atoms. The number of hydrogen-bond donors (Lipinski definition) is 3. The van der Waals surface area contributed by atoms with Crippen molar-refractivity contribution < 1.29 is 14.9 Å². The normalized spacial score (nSPS) is 24.7. The maximum absolute atomic E-state index is 10.6. The van der Waals surface area contributed by atoms with Gasteiger partial charge in [0, 0.05) is 134 Å². The second-order valence-electron chi connectivity index (χ2n) is 40.9. The molecule has 20 heterocycles. The highest BCUT2D eigenvalue weighted by molar-refractivity contribution is 6.31. The molecule has 8 saturated heterocycles. The van der Waals surface area contributed by atoms with Crippen LogP contribution < -0.4 is 25.3 Å². The van der Waals surface area contributed by atoms with Gasteiger partial charge in [0.05, 0.1) is 141 Å². The number of nitrogens with zero attached hydrogens (tertiary/aromatic N) is 24. The Bertz CT molecular complexity index is 6040. The number of anilines is 5. The van der Waals surface area contributed by atoms with E-state index in [1.165, 1.54) is 78.8 Å². The van der Waals surface area contributed by atoms with Crippen LogP contribution in [0.4, 0.5) is 29.0 Å². The van der Waals surface area contributed by atoms with Crippen LogP contribution >= 0.6 is 23.2 Å². The Labute approximate surface area is 806 Å². The molecule has 0 bridgehead atoms. The monoisotopic (exact) mass is 1870 g/mol. The van der Waals surface area contributed by atoms with Gasteiger partial charge in [-0.2, -0.15) is 0 Å². The molecule has 4 N–H and O–H groups in total. The first-order valence-corrected chi connectivity index (χ1v) is 50.5. The lowest BCUT2D eigenvalue weighted by atomic mass is 9.90. The number of methoxy groups -OCH3 is 1. The zero-order chi connectivity index (χ0) is 93.5. The number of hydrogen-bond acceptors (Lipinski definition) is 24. The van der Waals surface area contributed by atoms with E-state index in [-0.39, 0.29) is 55.5 Å². The van der Waals surface area contributed by atoms with E-state index in [0.717, 1.165) is 247 Å². The molecule has 8 atom stereocenters. The van der Waals surface area contributed by atoms with Crippen molar-refractivity contribution in [2.75, 3.05) is 174 Å². The van der Waals surface area contributed by atoms with Crippen LogP contribution in [-0.4, -0.2) is 272 Å². The molecule has 11 fully saturated rings. The summed E-state index contributed by atoms with van der Waals surface area (Å²) in [6.07, 6.45) is 28.2. The van der Waals surface area contributed by atoms with Crippen LogP contribution in [-0.2, 0) is 24.6 Å². The number of nitrogens with two attached hydrogens (primary N) is 1. The fourth-order valence-electron chi connectivity index (χ4n) is 24.4. The minimum atomic E-state index is -0.0360. The largest absolute Gasteiger partial charge is 0.396 e. The van der Waals surface area contributed by atoms with Gasteiger partial charge in [0.1, 0.15) is 45.4 Å². The molecule has 0 radical (unpaired) electrons. The van der Waals surface area contributed by atoms with Crippen molar-refractivity contribution in [2.24, 2.45) is 0 Å². The molecule has 30 heteroatoms. The number of likely N-dealkylation sites (N-methyl/N-ethyl adjacent to an activating group) is 4. The summed E-state index contributed by atoms with van der Waals surface area (Å²) in [5.74, 6) is 4.63. The Morgan fingerprint density at radius 2 is 0.681 bits per heavy atom. The van der Waals surface area contributed by atoms with E-state index in [1.54, 1.807) is 7.11 Å². The van der Waals surface area contributed by atoms with E-state index in [4.69, 9.17) is 68.6 Å². The molecular weight excluding hydrogens is 1730 g/mol. The molecule has 0 unspecified atom stereocenters. The van der Waals surface area contributed by atoms with E-state index in [9.17, 15) is 10.2 Å². The molecule has 12 aromatic heterocycles. The van der Waals surface area contributed by atoms with Crippen LogP contribution in [0, 0.1) is 20.8 Å². The lowest BCUT2D eigenvalue weighted by Gasteiger charge is -2.41. The van der Waals surface area contributed by atoms with Gasteiger partial charge in [0.2, 0.25) is 0 Å². The molecule has 716 valence electrons. The van der Waals surface area contributed by atoms with Crippen molar-refractivity contribution in [1.29, 1.82) is 0 Å². The highest BCUT2D eigenvalue weighted by atomic mass is 35.5. The predicted molar refractivity (Wildman–Crippen MR) is 537 cm³/mol. The van der Waals surface area contributed by atoms with Crippen molar-refractivity contribution in [1.82, 2.24) is 96.7 Å². The number of halogens is 2. The first-order valence-electron chi connectivity index (χ1n) is 49.7. The smallest absolute Gasteiger partial charge is 0.163 e. The van der Waals surface area contributed by atoms with Gasteiger partial charge in [0.15, 0.2) is 5.65 Å². The first-order chi connectivity index (χ1) is 65.5. The van der Waals surface area contributed by atoms with Crippen LogP contribution in [0.3, 0.4) is 0 Å². The van der Waals surface area contributed by atoms with Crippen molar-refractivity contribution >= 4 is 74.7 Å². The number of aliphatic hydroxyl groups is 2. The van der Waals surface area contributed by atoms with Gasteiger partial charge < -0.3 is 45.2 Å². The van der Waals surface area contributed by atoms with E-state index in [0.29, 0.717) is 45.1 Å². The summed E-state index contributed by atoms with van der Waals surface area (Å²) in [6.45, 7) is 20.4. The van der Waals surface area contributed by atoms with Gasteiger partial charge >= 0.3 is 0 Å². The van der Waals surface area contributed by atoms with Gasteiger partial charge in [-0.05, 0) is 288 Å². The molecule has 0 amide bonds. The van der Waals surface area contributed by atoms with Crippen molar-refractivity contribution in [3.8, 4) is 0 Å². The third-order valence-electron chi connectivity index (χ3n) is 33.1. The molecule has 28 nitrogen and oxygen atoms in total. The Hall–Kier alpha value is -9.50. The molecule has 135 heavy (non-hydrogen) atoms. The quantitative estimate of drug-likeness (QED) is 0.0815. The highest BCUT2D eigenvalue weighted by Crippen LogP contribution is 2.52. The number of piperidine rings is 4. The summed E-state index contributed by atoms with van der Waals surface area (Å²) in [5, 5.41) is 22.6. The third kappa shape index (κ3) is 17.6. The average Bonchev–Trinajstić information content (AvgIpc) is 1.59. The predicted octanol–water partition coefficient (Wildman–Crippen LogP) is 16.1. The minimum absolute atomic E-state index is 0.00990. The fraction of sp³-hybridized carbons (Fsp3) is 0.543. The van der Waals surface area contributed by atoms with Crippen molar-refractivity contribution in [2.45, 2.75) is 221 Å². The van der Waals surface area contributed by atoms with Crippen LogP contribution in [0.1, 0.15) is 243 Å². The lowest BCUT2D eigenvalue weighted by Crippen LogP contribution is -2.53. The number of aryl methyl sites for hydroxylation is 3. The summed E-state index contributed by atoms with van der Waals surface area (Å²) >= 11 is 13.6. The number of pyridine rings is 8. The Morgan fingerprint density at radius 3 is 1.04 bits per heavy atom. The molecule has 0 aromatic carbocycles. The summed E-state index contributed by atoms with van der Waals surface area (Å²) in [6, 6.07) is 41.3. The molecule has 12 aromatic rings. The van der Waals surface area contributed by atoms with Crippen molar-refractivity contribution in [3.63, 3.8) is 0 Å². The second kappa shape index (κ2) is 38.7. The topological polar surface area (TPSA) is 235 Å². The number of aliphatic hydroxyl groups excluding tert-OH is 2. The van der Waals surface area contributed by atoms with Crippen LogP contribution in [0.25, 0.3) is 22.6 Å². The Morgan fingerprint density at radius 1 is 0.356 bits per heavy atom. The van der Waals surface area contributed by atoms with E-state index in [2.05, 4.69) is 237 Å². The average molecular weight is 1870 g/mol. The van der Waals surface area contributed by atoms with Gasteiger partial charge in [-0.25, -0.2) is 19.9 Å². The van der Waals surface area contributed by atoms with Gasteiger partial charge in [-0.15, -0.1) is 0 Å². The number of imidazole rings is 4. The summed E-state index contributed by atoms with van der Waals surface area (Å²) < 4.78 is 14.6. The molecule has 3 aliphatic carbocycles. The zero-order valence-electron chi connectivity index (χ0n) is 81.3. The van der Waals surface area contributed by atoms with Crippen LogP contribution in [0.5, 0.6) is 0 Å². The third-order valence-corrected chi connectivity index (χ3v) is 33.8. The summed E-state index contributed by atoms with van der Waals surface area (Å²) in [7, 11) is 19.5. The minimum Gasteiger partial charge on any atom is -0.396 e. The number of piperazine rings is 4. The highest BCUT2D eigenvalue weighted by Gasteiger charge is 2.53. The van der Waals surface area contributed by atoms with Gasteiger partial charge in [0.25, 0.3) is 0 Å². The van der Waals surface area contributed by atoms with Crippen LogP contribution in [0.15, 0.2) is 140 Å². The number of nitrogen functional groups attached to an aromatic ring is 1. The van der Waals surface area contributed by atoms with E-state index >= 15 is 0 Å². The number of likely N-dealkylation sites (tertiary alicyclic amines) is 4. The Balaban J connectivity index is 0.000000112. The maximum atomic E-state index is 10.6. The molecule has 23 rings (SSSR count). The van der Waals surface area contributed by atoms with Gasteiger partial charge in [-0.1, -0.05) is 59.6 Å². The number of rotatable bonds is 16. The van der Waals surface area contributed by atoms with Crippen LogP contribution in [0.2, 0.25) is 10.2 Å². The SMILES string of the molecule is CN1[C@@H](c2nc3cccc(N4CCN(C)C5(CC5)C4)n3c2CO)CCC[C@H]1c1ncccc1Cl.COCc1c([C@H]2CCC[C@@H](c3ncccc3C)N2C)nc2cccc(N3CCN(C)C4(CC4)C3)n12.Cc1cccnc1[C@@H]1CCC[C@H](c2nc3c(N)ccc(N4CCN(C)CC4)n3c2Cl)N1C.Cc1cccnc1[C@@H]1CCC[C@H](c2nc3cccc(N4CCN(C)C5(CC5)C4)n3c2CO)N1C. The second-order valence-corrected chi connectivity index (χ2v) is 41.7. The first kappa shape index (κ1) is 93.2. The Kier molecular flexibility index (Phi) is 26.7. The number of aromatic nitrogens is 12. The van der Waals surface area contributed by atoms with E-state index in [1.807, 2.05) is 61.2 Å². The number of ether oxygens (including phenoxy) is 1. The number of fused-ring (bicyclic) bond motifs is 4. The lowest BCUT2D eigenvalue weighted by molar-refractivity contribution is 0.106. The van der Waals surface area contributed by atoms with E-state index < -0.39 is 0 Å². The molecular formula is C105H139Cl2N25O3. The molecule has 3 saturated carbocycles. The van der Waals surface area contributed by atoms with Gasteiger partial charge in [-0.3, -0.25) is 71.8 Å². The maximum Gasteiger partial charge on any atom is 0.163 e. The standard InChI is InChI=1S/C28H38N6O.C27H36N6O.C26H33ClN6O.C24H32ClN7/c1-20-8-7-15-29-26(20)21-9-5-10-22(32(21)3)27-23(18-35-4)34-24(30-27)11-6-12-25(34)33-17-16-31(2)28(19-33)13-14-28;1-19-7-6-14-28-25(19)20-8-4-9-21(31(20)3)26-22(17-34)33-23(29-26)10-5-11-24(33)32-16-15-30(2)27(18-32)12-13-27;1-30-14-15-32(17-26(30)11-12-26)23-10-4-9-22-29-25(21(16-34)33(22)23)20-8-3-7-19(31(20)2)24-18(27)6-5-13-28-24;1-16-6-5-11-27-21(16)18-7-4-8-19(30(18)3)22-23(25)32-20(10-9-17(26)24(32)28-22)31-14-12-29(2)13-15-31/h6-8,11-12,15,21-22H,5,9-10,13-14,16-19H2,1-4H3;5-7,10-11,14,20-21,34H,4,8-9,12-13,15-18H2,1-3H3;4-6,9-10,13,19-20,34H,3,7-8,11-12,14-17H2,1-2H3;5-6,9-11,18-19H,4,7-8,12-15,26H2,1-3H3/t21-,22+;20-,21+;19-,20+;18-,19+/m0000/s1. The fourth-order valence-corrected chi connectivity index (χ4v) is 25.0. The van der Waals surface area contributed by atoms with Crippen molar-refractivity contribution in [3.05, 3.63) is 230 Å². The summed E-state index contributed by atoms with van der Waals surface area (Å²) in [5.41, 5.74) is 27.0. The zero-order valence-corrected chi connectivity index (χ0v) is 82.8. The molecule has 8 aliphatic heterocycles.